The van der Waals surface area contributed by atoms with Crippen molar-refractivity contribution < 1.29 is 14.3 Å². The summed E-state index contributed by atoms with van der Waals surface area (Å²) in [6, 6.07) is 9.94. The minimum absolute atomic E-state index is 0.210. The van der Waals surface area contributed by atoms with Gasteiger partial charge in [-0.3, -0.25) is 9.59 Å². The van der Waals surface area contributed by atoms with Crippen LogP contribution in [0.1, 0.15) is 26.7 Å². The maximum atomic E-state index is 11.9. The van der Waals surface area contributed by atoms with Gasteiger partial charge < -0.3 is 10.1 Å². The molecule has 1 amide bonds. The fraction of sp³-hybridized carbons (Fsp3) is 0.467. The molecule has 1 fully saturated rings. The zero-order valence-electron chi connectivity index (χ0n) is 11.7. The maximum Gasteiger partial charge on any atom is 0.319 e. The minimum atomic E-state index is -0.734. The highest BCUT2D eigenvalue weighted by Gasteiger charge is 2.28. The first-order valence-electron chi connectivity index (χ1n) is 6.79. The molecule has 0 heterocycles. The summed E-state index contributed by atoms with van der Waals surface area (Å²) in [5.74, 6) is -0.574. The van der Waals surface area contributed by atoms with E-state index >= 15 is 0 Å². The van der Waals surface area contributed by atoms with Crippen molar-refractivity contribution in [1.82, 2.24) is 5.32 Å². The second-order valence-corrected chi connectivity index (χ2v) is 6.35. The van der Waals surface area contributed by atoms with Crippen LogP contribution in [0.4, 0.5) is 0 Å². The van der Waals surface area contributed by atoms with Crippen molar-refractivity contribution in [1.29, 1.82) is 0 Å². The standard InChI is InChI=1S/C15H19NO3S/c1-10(14(17)16-12-8-9-12)19-15(18)11(2)20-13-6-4-3-5-7-13/h3-7,10-12H,8-9H2,1-2H3,(H,16,17)/t10-,11+/m0/s1. The summed E-state index contributed by atoms with van der Waals surface area (Å²) >= 11 is 1.43. The van der Waals surface area contributed by atoms with Crippen molar-refractivity contribution in [3.63, 3.8) is 0 Å². The van der Waals surface area contributed by atoms with Gasteiger partial charge in [-0.1, -0.05) is 18.2 Å². The van der Waals surface area contributed by atoms with Crippen molar-refractivity contribution in [3.8, 4) is 0 Å². The van der Waals surface area contributed by atoms with Gasteiger partial charge in [0, 0.05) is 10.9 Å². The molecule has 2 rings (SSSR count). The average Bonchev–Trinajstić information content (AvgIpc) is 3.23. The van der Waals surface area contributed by atoms with Crippen LogP contribution < -0.4 is 5.32 Å². The highest BCUT2D eigenvalue weighted by Crippen LogP contribution is 2.24. The second-order valence-electron chi connectivity index (χ2n) is 4.94. The number of carbonyl (C=O) groups is 2. The SMILES string of the molecule is C[C@H](OC(=O)[C@@H](C)Sc1ccccc1)C(=O)NC1CC1. The number of hydrogen-bond acceptors (Lipinski definition) is 4. The number of ether oxygens (including phenoxy) is 1. The fourth-order valence-electron chi connectivity index (χ4n) is 1.62. The first-order valence-corrected chi connectivity index (χ1v) is 7.67. The first kappa shape index (κ1) is 14.9. The number of benzene rings is 1. The first-order chi connectivity index (χ1) is 9.56. The summed E-state index contributed by atoms with van der Waals surface area (Å²) < 4.78 is 5.20. The van der Waals surface area contributed by atoms with Crippen LogP contribution in [-0.2, 0) is 14.3 Å². The zero-order chi connectivity index (χ0) is 14.5. The van der Waals surface area contributed by atoms with E-state index in [1.54, 1.807) is 13.8 Å². The van der Waals surface area contributed by atoms with Gasteiger partial charge in [0.2, 0.25) is 0 Å². The molecule has 0 bridgehead atoms. The van der Waals surface area contributed by atoms with Gasteiger partial charge in [-0.05, 0) is 38.8 Å². The predicted octanol–water partition coefficient (Wildman–Crippen LogP) is 2.38. The summed E-state index contributed by atoms with van der Waals surface area (Å²) in [4.78, 5) is 24.7. The van der Waals surface area contributed by atoms with E-state index < -0.39 is 6.10 Å². The molecule has 0 aromatic heterocycles. The predicted molar refractivity (Wildman–Crippen MR) is 78.5 cm³/mol. The normalized spacial score (nSPS) is 17.1. The molecule has 20 heavy (non-hydrogen) atoms. The Balaban J connectivity index is 1.79. The van der Waals surface area contributed by atoms with Gasteiger partial charge >= 0.3 is 5.97 Å². The van der Waals surface area contributed by atoms with E-state index in [4.69, 9.17) is 4.74 Å². The number of amides is 1. The minimum Gasteiger partial charge on any atom is -0.452 e. The molecular formula is C15H19NO3S. The molecule has 5 heteroatoms. The number of hydrogen-bond donors (Lipinski definition) is 1. The van der Waals surface area contributed by atoms with Crippen molar-refractivity contribution in [2.24, 2.45) is 0 Å². The van der Waals surface area contributed by atoms with Crippen LogP contribution in [0, 0.1) is 0 Å². The van der Waals surface area contributed by atoms with Gasteiger partial charge in [0.1, 0.15) is 5.25 Å². The Morgan fingerprint density at radius 1 is 1.25 bits per heavy atom. The molecule has 2 atom stereocenters. The second kappa shape index (κ2) is 6.79. The third-order valence-corrected chi connectivity index (χ3v) is 4.06. The van der Waals surface area contributed by atoms with Crippen molar-refractivity contribution >= 4 is 23.6 Å². The lowest BCUT2D eigenvalue weighted by Crippen LogP contribution is -2.38. The lowest BCUT2D eigenvalue weighted by atomic mass is 10.3. The van der Waals surface area contributed by atoms with Crippen LogP contribution in [0.5, 0.6) is 0 Å². The van der Waals surface area contributed by atoms with E-state index in [-0.39, 0.29) is 23.2 Å². The van der Waals surface area contributed by atoms with Crippen molar-refractivity contribution in [3.05, 3.63) is 30.3 Å². The summed E-state index contributed by atoms with van der Waals surface area (Å²) in [6.45, 7) is 3.39. The van der Waals surface area contributed by atoms with Crippen molar-refractivity contribution in [2.45, 2.75) is 49.0 Å². The number of rotatable bonds is 6. The Labute approximate surface area is 123 Å². The Bertz CT molecular complexity index is 473. The molecule has 1 saturated carbocycles. The topological polar surface area (TPSA) is 55.4 Å². The number of carbonyl (C=O) groups excluding carboxylic acids is 2. The fourth-order valence-corrected chi connectivity index (χ4v) is 2.50. The largest absolute Gasteiger partial charge is 0.452 e. The van der Waals surface area contributed by atoms with E-state index in [0.717, 1.165) is 17.7 Å². The molecule has 1 aliphatic rings. The van der Waals surface area contributed by atoms with Gasteiger partial charge in [0.05, 0.1) is 0 Å². The van der Waals surface area contributed by atoms with E-state index in [1.807, 2.05) is 30.3 Å². The molecule has 108 valence electrons. The van der Waals surface area contributed by atoms with Crippen LogP contribution in [0.3, 0.4) is 0 Å². The molecule has 1 N–H and O–H groups in total. The summed E-state index contributed by atoms with van der Waals surface area (Å²) in [5.41, 5.74) is 0. The van der Waals surface area contributed by atoms with Crippen molar-refractivity contribution in [2.75, 3.05) is 0 Å². The third kappa shape index (κ3) is 4.56. The Kier molecular flexibility index (Phi) is 5.06. The Morgan fingerprint density at radius 2 is 1.90 bits per heavy atom. The van der Waals surface area contributed by atoms with Gasteiger partial charge in [-0.15, -0.1) is 11.8 Å². The lowest BCUT2D eigenvalue weighted by molar-refractivity contribution is -0.154. The maximum absolute atomic E-state index is 11.9. The summed E-state index contributed by atoms with van der Waals surface area (Å²) in [6.07, 6.45) is 1.31. The van der Waals surface area contributed by atoms with Crippen LogP contribution >= 0.6 is 11.8 Å². The Morgan fingerprint density at radius 3 is 2.50 bits per heavy atom. The molecular weight excluding hydrogens is 274 g/mol. The number of nitrogens with one attached hydrogen (secondary N) is 1. The Hall–Kier alpha value is -1.49. The molecule has 0 unspecified atom stereocenters. The zero-order valence-corrected chi connectivity index (χ0v) is 12.5. The highest BCUT2D eigenvalue weighted by atomic mass is 32.2. The lowest BCUT2D eigenvalue weighted by Gasteiger charge is -2.16. The molecule has 0 aliphatic heterocycles. The highest BCUT2D eigenvalue weighted by molar-refractivity contribution is 8.00. The molecule has 1 aromatic rings. The summed E-state index contributed by atoms with van der Waals surface area (Å²) in [7, 11) is 0. The van der Waals surface area contributed by atoms with E-state index in [1.165, 1.54) is 11.8 Å². The average molecular weight is 293 g/mol. The van der Waals surface area contributed by atoms with Gasteiger partial charge in [-0.2, -0.15) is 0 Å². The molecule has 4 nitrogen and oxygen atoms in total. The molecule has 1 aromatic carbocycles. The third-order valence-electron chi connectivity index (χ3n) is 2.97. The van der Waals surface area contributed by atoms with Gasteiger partial charge in [-0.25, -0.2) is 0 Å². The number of thioether (sulfide) groups is 1. The summed E-state index contributed by atoms with van der Waals surface area (Å²) in [5, 5.41) is 2.49. The molecule has 1 aliphatic carbocycles. The smallest absolute Gasteiger partial charge is 0.319 e. The van der Waals surface area contributed by atoms with Crippen LogP contribution in [0.15, 0.2) is 35.2 Å². The van der Waals surface area contributed by atoms with Gasteiger partial charge in [0.25, 0.3) is 5.91 Å². The number of esters is 1. The van der Waals surface area contributed by atoms with Crippen LogP contribution in [0.25, 0.3) is 0 Å². The molecule has 0 radical (unpaired) electrons. The van der Waals surface area contributed by atoms with E-state index in [0.29, 0.717) is 0 Å². The van der Waals surface area contributed by atoms with Gasteiger partial charge in [0.15, 0.2) is 6.10 Å². The monoisotopic (exact) mass is 293 g/mol. The quantitative estimate of drug-likeness (QED) is 0.646. The van der Waals surface area contributed by atoms with E-state index in [2.05, 4.69) is 5.32 Å². The molecule has 0 spiro atoms. The van der Waals surface area contributed by atoms with E-state index in [9.17, 15) is 9.59 Å². The molecule has 0 saturated heterocycles. The van der Waals surface area contributed by atoms with Crippen LogP contribution in [-0.4, -0.2) is 29.3 Å². The van der Waals surface area contributed by atoms with Crippen LogP contribution in [0.2, 0.25) is 0 Å².